The Balaban J connectivity index is 1.84. The van der Waals surface area contributed by atoms with Crippen LogP contribution in [0.5, 0.6) is 0 Å². The number of carbonyl (C=O) groups excluding carboxylic acids is 4. The predicted molar refractivity (Wildman–Crippen MR) is 97.7 cm³/mol. The van der Waals surface area contributed by atoms with Crippen LogP contribution in [0, 0.1) is 29.1 Å². The molecule has 2 aliphatic heterocycles. The summed E-state index contributed by atoms with van der Waals surface area (Å²) in [4.78, 5) is 51.8. The molecule has 5 rings (SSSR count). The minimum absolute atomic E-state index is 0.00739. The highest BCUT2D eigenvalue weighted by atomic mass is 19.2. The number of halogens is 5. The number of amides is 4. The number of rotatable bonds is 1. The van der Waals surface area contributed by atoms with Gasteiger partial charge in [0.25, 0.3) is 23.6 Å². The average molecular weight is 446 g/mol. The second-order valence-corrected chi connectivity index (χ2v) is 7.10. The van der Waals surface area contributed by atoms with Crippen LogP contribution in [-0.4, -0.2) is 35.6 Å². The molecule has 6 nitrogen and oxygen atoms in total. The summed E-state index contributed by atoms with van der Waals surface area (Å²) in [7, 11) is 1.24. The van der Waals surface area contributed by atoms with Crippen LogP contribution in [0.1, 0.15) is 41.4 Å². The van der Waals surface area contributed by atoms with Crippen molar-refractivity contribution in [1.29, 1.82) is 0 Å². The van der Waals surface area contributed by atoms with Crippen molar-refractivity contribution in [3.8, 4) is 0 Å². The lowest BCUT2D eigenvalue weighted by molar-refractivity contribution is 0.0649. The fourth-order valence-corrected chi connectivity index (χ4v) is 3.99. The first-order valence-corrected chi connectivity index (χ1v) is 8.90. The minimum Gasteiger partial charge on any atom is -0.277 e. The van der Waals surface area contributed by atoms with Gasteiger partial charge in [0.05, 0.1) is 0 Å². The van der Waals surface area contributed by atoms with Crippen molar-refractivity contribution in [3.63, 3.8) is 0 Å². The minimum atomic E-state index is -2.44. The van der Waals surface area contributed by atoms with Gasteiger partial charge < -0.3 is 0 Å². The second kappa shape index (κ2) is 6.19. The highest BCUT2D eigenvalue weighted by Gasteiger charge is 2.42. The molecule has 3 aromatic carbocycles. The van der Waals surface area contributed by atoms with E-state index in [9.17, 15) is 41.1 Å². The molecule has 0 bridgehead atoms. The van der Waals surface area contributed by atoms with Gasteiger partial charge in [-0.05, 0) is 24.3 Å². The quantitative estimate of drug-likeness (QED) is 0.248. The molecule has 0 N–H and O–H groups in total. The van der Waals surface area contributed by atoms with E-state index in [1.165, 1.54) is 19.2 Å². The van der Waals surface area contributed by atoms with Gasteiger partial charge in [-0.2, -0.15) is 0 Å². The summed E-state index contributed by atoms with van der Waals surface area (Å²) < 4.78 is 69.6. The third-order valence-corrected chi connectivity index (χ3v) is 5.51. The van der Waals surface area contributed by atoms with Gasteiger partial charge in [0.15, 0.2) is 23.3 Å². The fraction of sp³-hybridized carbons (Fsp3) is 0.0476. The maximum atomic E-state index is 14.4. The van der Waals surface area contributed by atoms with E-state index in [4.69, 9.17) is 0 Å². The Morgan fingerprint density at radius 1 is 0.531 bits per heavy atom. The molecule has 0 aliphatic carbocycles. The molecular weight excluding hydrogens is 439 g/mol. The number of nitrogens with zero attached hydrogens (tertiary/aromatic N) is 2. The predicted octanol–water partition coefficient (Wildman–Crippen LogP) is 3.56. The van der Waals surface area contributed by atoms with Gasteiger partial charge in [-0.25, -0.2) is 26.9 Å². The van der Waals surface area contributed by atoms with Crippen LogP contribution >= 0.6 is 0 Å². The maximum absolute atomic E-state index is 14.4. The summed E-state index contributed by atoms with van der Waals surface area (Å²) in [5.74, 6) is -16.0. The molecular formula is C21H7F5N2O4. The lowest BCUT2D eigenvalue weighted by Gasteiger charge is -2.31. The van der Waals surface area contributed by atoms with Gasteiger partial charge in [0, 0.05) is 40.1 Å². The molecule has 2 heterocycles. The third-order valence-electron chi connectivity index (χ3n) is 5.51. The van der Waals surface area contributed by atoms with E-state index in [1.807, 2.05) is 0 Å². The van der Waals surface area contributed by atoms with Crippen molar-refractivity contribution in [2.75, 3.05) is 11.9 Å². The van der Waals surface area contributed by atoms with Gasteiger partial charge in [0.2, 0.25) is 5.82 Å². The number of anilines is 1. The number of benzene rings is 3. The van der Waals surface area contributed by atoms with Crippen molar-refractivity contribution in [2.24, 2.45) is 0 Å². The fourth-order valence-electron chi connectivity index (χ4n) is 3.99. The molecule has 0 saturated heterocycles. The molecule has 160 valence electrons. The Labute approximate surface area is 174 Å². The van der Waals surface area contributed by atoms with Crippen LogP contribution in [0.3, 0.4) is 0 Å². The molecule has 0 atom stereocenters. The summed E-state index contributed by atoms with van der Waals surface area (Å²) in [6.07, 6.45) is 0. The van der Waals surface area contributed by atoms with Gasteiger partial charge in [-0.15, -0.1) is 0 Å². The lowest BCUT2D eigenvalue weighted by Crippen LogP contribution is -2.43. The van der Waals surface area contributed by atoms with Crippen LogP contribution in [0.15, 0.2) is 24.3 Å². The highest BCUT2D eigenvalue weighted by molar-refractivity contribution is 6.39. The number of carbonyl (C=O) groups is 4. The molecule has 0 fully saturated rings. The third kappa shape index (κ3) is 2.17. The largest absolute Gasteiger partial charge is 0.277 e. The number of hydrogen-bond acceptors (Lipinski definition) is 4. The van der Waals surface area contributed by atoms with E-state index >= 15 is 0 Å². The van der Waals surface area contributed by atoms with Crippen molar-refractivity contribution < 1.29 is 41.1 Å². The van der Waals surface area contributed by atoms with Gasteiger partial charge >= 0.3 is 0 Å². The first-order valence-electron chi connectivity index (χ1n) is 8.90. The van der Waals surface area contributed by atoms with Crippen molar-refractivity contribution in [2.45, 2.75) is 0 Å². The Hall–Kier alpha value is -4.15. The zero-order valence-electron chi connectivity index (χ0n) is 15.7. The highest BCUT2D eigenvalue weighted by Crippen LogP contribution is 2.40. The molecule has 32 heavy (non-hydrogen) atoms. The Bertz CT molecular complexity index is 1380. The molecule has 3 aromatic rings. The topological polar surface area (TPSA) is 74.8 Å². The van der Waals surface area contributed by atoms with E-state index < -0.39 is 58.4 Å². The van der Waals surface area contributed by atoms with E-state index in [-0.39, 0.29) is 37.9 Å². The maximum Gasteiger partial charge on any atom is 0.266 e. The summed E-state index contributed by atoms with van der Waals surface area (Å²) in [5, 5.41) is -0.128. The SMILES string of the molecule is CN1C(=O)c2ccc3c4c(ccc(c24)C1=O)C(=O)N(c1c(F)c(F)c(F)c(F)c1F)C3=O. The zero-order valence-corrected chi connectivity index (χ0v) is 15.7. The average Bonchev–Trinajstić information content (AvgIpc) is 2.79. The number of hydrogen-bond donors (Lipinski definition) is 0. The summed E-state index contributed by atoms with van der Waals surface area (Å²) in [6.45, 7) is 0. The van der Waals surface area contributed by atoms with E-state index in [0.717, 1.165) is 17.0 Å². The monoisotopic (exact) mass is 446 g/mol. The molecule has 4 amide bonds. The molecule has 0 unspecified atom stereocenters. The standard InChI is InChI=1S/C21H7F5N2O4/c1-27-18(29)6-2-4-8-11-9(5-3-7(10(6)11)19(27)30)21(32)28(20(8)31)17-15(25)13(23)12(22)14(24)16(17)26/h2-5H,1H3. The molecule has 2 aliphatic rings. The van der Waals surface area contributed by atoms with Crippen LogP contribution in [0.25, 0.3) is 10.8 Å². The molecule has 0 saturated carbocycles. The molecule has 0 radical (unpaired) electrons. The first kappa shape index (κ1) is 19.8. The van der Waals surface area contributed by atoms with Crippen LogP contribution in [0.4, 0.5) is 27.6 Å². The summed E-state index contributed by atoms with van der Waals surface area (Å²) >= 11 is 0. The number of imide groups is 2. The van der Waals surface area contributed by atoms with Crippen molar-refractivity contribution >= 4 is 40.1 Å². The lowest BCUT2D eigenvalue weighted by atomic mass is 9.86. The Kier molecular flexibility index (Phi) is 3.83. The molecule has 0 spiro atoms. The zero-order chi connectivity index (χ0) is 23.2. The van der Waals surface area contributed by atoms with E-state index in [0.29, 0.717) is 0 Å². The van der Waals surface area contributed by atoms with Crippen LogP contribution in [0.2, 0.25) is 0 Å². The normalized spacial score (nSPS) is 15.3. The van der Waals surface area contributed by atoms with Gasteiger partial charge in [-0.1, -0.05) is 0 Å². The Morgan fingerprint density at radius 2 is 0.844 bits per heavy atom. The van der Waals surface area contributed by atoms with Crippen LogP contribution in [-0.2, 0) is 0 Å². The molecule has 11 heteroatoms. The van der Waals surface area contributed by atoms with E-state index in [2.05, 4.69) is 0 Å². The van der Waals surface area contributed by atoms with Crippen molar-refractivity contribution in [1.82, 2.24) is 4.90 Å². The van der Waals surface area contributed by atoms with Crippen molar-refractivity contribution in [3.05, 3.63) is 75.6 Å². The molecule has 0 aromatic heterocycles. The Morgan fingerprint density at radius 3 is 1.22 bits per heavy atom. The van der Waals surface area contributed by atoms with E-state index in [1.54, 1.807) is 0 Å². The summed E-state index contributed by atoms with van der Waals surface area (Å²) in [6, 6.07) is 4.53. The summed E-state index contributed by atoms with van der Waals surface area (Å²) in [5.41, 5.74) is -2.41. The first-order chi connectivity index (χ1) is 15.1. The van der Waals surface area contributed by atoms with Crippen LogP contribution < -0.4 is 4.90 Å². The second-order valence-electron chi connectivity index (χ2n) is 7.10. The van der Waals surface area contributed by atoms with Gasteiger partial charge in [-0.3, -0.25) is 24.1 Å². The van der Waals surface area contributed by atoms with Gasteiger partial charge in [0.1, 0.15) is 5.69 Å². The smallest absolute Gasteiger partial charge is 0.266 e.